The Labute approximate surface area is 151 Å². The van der Waals surface area contributed by atoms with Crippen LogP contribution in [0.1, 0.15) is 32.8 Å². The zero-order chi connectivity index (χ0) is 17.7. The van der Waals surface area contributed by atoms with Gasteiger partial charge in [0.15, 0.2) is 5.96 Å². The van der Waals surface area contributed by atoms with Gasteiger partial charge in [-0.05, 0) is 25.8 Å². The molecule has 2 aliphatic rings. The molecule has 0 amide bonds. The van der Waals surface area contributed by atoms with Crippen LogP contribution in [0.4, 0.5) is 0 Å². The maximum absolute atomic E-state index is 5.33. The molecule has 2 atom stereocenters. The van der Waals surface area contributed by atoms with Crippen LogP contribution < -0.4 is 10.6 Å². The maximum atomic E-state index is 5.33. The van der Waals surface area contributed by atoms with Crippen LogP contribution in [0.3, 0.4) is 0 Å². The van der Waals surface area contributed by atoms with Gasteiger partial charge in [-0.25, -0.2) is 0 Å². The summed E-state index contributed by atoms with van der Waals surface area (Å²) in [6.07, 6.45) is 1.15. The fraction of sp³-hybridized carbons (Fsp3) is 0.650. The van der Waals surface area contributed by atoms with Crippen molar-refractivity contribution < 1.29 is 4.74 Å². The van der Waals surface area contributed by atoms with E-state index in [0.29, 0.717) is 12.1 Å². The van der Waals surface area contributed by atoms with E-state index in [4.69, 9.17) is 9.73 Å². The number of ether oxygens (including phenoxy) is 1. The summed E-state index contributed by atoms with van der Waals surface area (Å²) in [5, 5.41) is 7.03. The van der Waals surface area contributed by atoms with Gasteiger partial charge in [-0.15, -0.1) is 0 Å². The zero-order valence-electron chi connectivity index (χ0n) is 15.8. The number of nitrogens with one attached hydrogen (secondary N) is 2. The smallest absolute Gasteiger partial charge is 0.191 e. The van der Waals surface area contributed by atoms with Crippen molar-refractivity contribution in [1.29, 1.82) is 0 Å². The lowest BCUT2D eigenvalue weighted by Crippen LogP contribution is -2.47. The molecule has 2 heterocycles. The van der Waals surface area contributed by atoms with Gasteiger partial charge in [-0.3, -0.25) is 9.89 Å². The van der Waals surface area contributed by atoms with E-state index in [2.05, 4.69) is 66.6 Å². The van der Waals surface area contributed by atoms with Gasteiger partial charge in [-0.1, -0.05) is 37.3 Å². The van der Waals surface area contributed by atoms with Crippen molar-refractivity contribution in [2.45, 2.75) is 45.8 Å². The SMILES string of the molecule is CCNC(=NCC1(C)COC1)NC1CC(C)N(Cc2ccccc2)C1. The summed E-state index contributed by atoms with van der Waals surface area (Å²) in [4.78, 5) is 7.35. The summed E-state index contributed by atoms with van der Waals surface area (Å²) in [5.41, 5.74) is 1.60. The van der Waals surface area contributed by atoms with Crippen molar-refractivity contribution in [1.82, 2.24) is 15.5 Å². The minimum absolute atomic E-state index is 0.213. The van der Waals surface area contributed by atoms with Crippen molar-refractivity contribution in [3.63, 3.8) is 0 Å². The van der Waals surface area contributed by atoms with E-state index in [-0.39, 0.29) is 5.41 Å². The first-order valence-corrected chi connectivity index (χ1v) is 9.48. The third-order valence-corrected chi connectivity index (χ3v) is 5.14. The molecular weight excluding hydrogens is 312 g/mol. The van der Waals surface area contributed by atoms with Crippen LogP contribution in [-0.2, 0) is 11.3 Å². The lowest BCUT2D eigenvalue weighted by atomic mass is 9.89. The van der Waals surface area contributed by atoms with Gasteiger partial charge in [0, 0.05) is 37.1 Å². The highest BCUT2D eigenvalue weighted by Crippen LogP contribution is 2.26. The van der Waals surface area contributed by atoms with E-state index in [1.54, 1.807) is 0 Å². The molecule has 0 radical (unpaired) electrons. The fourth-order valence-corrected chi connectivity index (χ4v) is 3.57. The highest BCUT2D eigenvalue weighted by molar-refractivity contribution is 5.80. The Kier molecular flexibility index (Phi) is 5.97. The molecule has 1 aromatic rings. The predicted molar refractivity (Wildman–Crippen MR) is 103 cm³/mol. The van der Waals surface area contributed by atoms with Gasteiger partial charge >= 0.3 is 0 Å². The molecule has 0 spiro atoms. The predicted octanol–water partition coefficient (Wildman–Crippen LogP) is 2.24. The third kappa shape index (κ3) is 4.95. The summed E-state index contributed by atoms with van der Waals surface area (Å²) >= 11 is 0. The first-order valence-electron chi connectivity index (χ1n) is 9.48. The van der Waals surface area contributed by atoms with E-state index in [1.165, 1.54) is 5.56 Å². The number of nitrogens with zero attached hydrogens (tertiary/aromatic N) is 2. The minimum atomic E-state index is 0.213. The van der Waals surface area contributed by atoms with E-state index in [0.717, 1.165) is 51.8 Å². The number of benzene rings is 1. The van der Waals surface area contributed by atoms with Crippen molar-refractivity contribution in [2.75, 3.05) is 32.8 Å². The zero-order valence-corrected chi connectivity index (χ0v) is 15.8. The Morgan fingerprint density at radius 1 is 1.32 bits per heavy atom. The summed E-state index contributed by atoms with van der Waals surface area (Å²) in [5.74, 6) is 0.939. The van der Waals surface area contributed by atoms with Gasteiger partial charge in [0.05, 0.1) is 19.8 Å². The molecule has 2 aliphatic heterocycles. The van der Waals surface area contributed by atoms with Crippen LogP contribution in [0.2, 0.25) is 0 Å². The number of rotatable bonds is 6. The lowest BCUT2D eigenvalue weighted by Gasteiger charge is -2.36. The van der Waals surface area contributed by atoms with Gasteiger partial charge in [0.2, 0.25) is 0 Å². The summed E-state index contributed by atoms with van der Waals surface area (Å²) in [6, 6.07) is 11.8. The van der Waals surface area contributed by atoms with E-state index >= 15 is 0 Å². The summed E-state index contributed by atoms with van der Waals surface area (Å²) in [6.45, 7) is 12.1. The first-order chi connectivity index (χ1) is 12.1. The molecule has 5 nitrogen and oxygen atoms in total. The molecule has 2 N–H and O–H groups in total. The quantitative estimate of drug-likeness (QED) is 0.614. The second kappa shape index (κ2) is 8.19. The van der Waals surface area contributed by atoms with E-state index < -0.39 is 0 Å². The Balaban J connectivity index is 1.54. The molecule has 0 bridgehead atoms. The van der Waals surface area contributed by atoms with Gasteiger partial charge < -0.3 is 15.4 Å². The molecule has 25 heavy (non-hydrogen) atoms. The third-order valence-electron chi connectivity index (χ3n) is 5.14. The number of hydrogen-bond acceptors (Lipinski definition) is 3. The van der Waals surface area contributed by atoms with Crippen molar-refractivity contribution in [3.05, 3.63) is 35.9 Å². The first kappa shape index (κ1) is 18.2. The standard InChI is InChI=1S/C20H32N4O/c1-4-21-19(22-13-20(3)14-25-15-20)23-18-10-16(2)24(12-18)11-17-8-6-5-7-9-17/h5-9,16,18H,4,10-15H2,1-3H3,(H2,21,22,23). The molecule has 5 heteroatoms. The number of aliphatic imine (C=N–C) groups is 1. The van der Waals surface area contributed by atoms with Gasteiger partial charge in [-0.2, -0.15) is 0 Å². The largest absolute Gasteiger partial charge is 0.380 e. The molecule has 0 aromatic heterocycles. The van der Waals surface area contributed by atoms with Crippen LogP contribution in [0.25, 0.3) is 0 Å². The van der Waals surface area contributed by atoms with E-state index in [9.17, 15) is 0 Å². The molecule has 2 saturated heterocycles. The molecule has 2 unspecified atom stereocenters. The van der Waals surface area contributed by atoms with Crippen molar-refractivity contribution >= 4 is 5.96 Å². The molecule has 1 aromatic carbocycles. The highest BCUT2D eigenvalue weighted by atomic mass is 16.5. The second-order valence-electron chi connectivity index (χ2n) is 7.84. The number of guanidine groups is 1. The molecular formula is C20H32N4O. The number of likely N-dealkylation sites (tertiary alicyclic amines) is 1. The monoisotopic (exact) mass is 344 g/mol. The van der Waals surface area contributed by atoms with Crippen LogP contribution in [0, 0.1) is 5.41 Å². The summed E-state index contributed by atoms with van der Waals surface area (Å²) < 4.78 is 5.33. The van der Waals surface area contributed by atoms with Crippen molar-refractivity contribution in [2.24, 2.45) is 10.4 Å². The Bertz CT molecular complexity index is 570. The molecule has 3 rings (SSSR count). The second-order valence-corrected chi connectivity index (χ2v) is 7.84. The van der Waals surface area contributed by atoms with Crippen LogP contribution in [0.5, 0.6) is 0 Å². The molecule has 138 valence electrons. The van der Waals surface area contributed by atoms with Crippen LogP contribution in [0.15, 0.2) is 35.3 Å². The Morgan fingerprint density at radius 3 is 2.72 bits per heavy atom. The van der Waals surface area contributed by atoms with Gasteiger partial charge in [0.1, 0.15) is 0 Å². The Morgan fingerprint density at radius 2 is 2.08 bits per heavy atom. The van der Waals surface area contributed by atoms with Gasteiger partial charge in [0.25, 0.3) is 0 Å². The average Bonchev–Trinajstić information content (AvgIpc) is 2.91. The van der Waals surface area contributed by atoms with E-state index in [1.807, 2.05) is 0 Å². The highest BCUT2D eigenvalue weighted by Gasteiger charge is 2.33. The molecule has 0 saturated carbocycles. The molecule has 2 fully saturated rings. The van der Waals surface area contributed by atoms with Crippen LogP contribution >= 0.6 is 0 Å². The van der Waals surface area contributed by atoms with Crippen molar-refractivity contribution in [3.8, 4) is 0 Å². The Hall–Kier alpha value is -1.59. The fourth-order valence-electron chi connectivity index (χ4n) is 3.57. The molecule has 0 aliphatic carbocycles. The lowest BCUT2D eigenvalue weighted by molar-refractivity contribution is -0.0945. The topological polar surface area (TPSA) is 48.9 Å². The average molecular weight is 345 g/mol. The minimum Gasteiger partial charge on any atom is -0.380 e. The maximum Gasteiger partial charge on any atom is 0.191 e. The number of hydrogen-bond donors (Lipinski definition) is 2. The normalized spacial score (nSPS) is 26.3. The summed E-state index contributed by atoms with van der Waals surface area (Å²) in [7, 11) is 0. The van der Waals surface area contributed by atoms with Crippen LogP contribution in [-0.4, -0.2) is 55.8 Å².